The second-order valence-electron chi connectivity index (χ2n) is 3.81. The van der Waals surface area contributed by atoms with Crippen molar-refractivity contribution in [2.24, 2.45) is 0 Å². The fourth-order valence-electron chi connectivity index (χ4n) is 1.55. The highest BCUT2D eigenvalue weighted by molar-refractivity contribution is 6.29. The van der Waals surface area contributed by atoms with Crippen molar-refractivity contribution in [2.45, 2.75) is 20.3 Å². The van der Waals surface area contributed by atoms with Gasteiger partial charge in [0.15, 0.2) is 10.8 Å². The zero-order valence-electron chi connectivity index (χ0n) is 11.0. The molecule has 1 aromatic rings. The van der Waals surface area contributed by atoms with Gasteiger partial charge < -0.3 is 10.2 Å². The fraction of sp³-hybridized carbons (Fsp3) is 0.500. The summed E-state index contributed by atoms with van der Waals surface area (Å²) in [7, 11) is 0. The zero-order chi connectivity index (χ0) is 14.3. The van der Waals surface area contributed by atoms with Gasteiger partial charge in [-0.05, 0) is 26.0 Å². The molecule has 1 aromatic heterocycles. The van der Waals surface area contributed by atoms with E-state index in [0.717, 1.165) is 0 Å². The van der Waals surface area contributed by atoms with Gasteiger partial charge in [-0.3, -0.25) is 9.59 Å². The van der Waals surface area contributed by atoms with Crippen molar-refractivity contribution in [3.05, 3.63) is 23.0 Å². The number of amides is 2. The first-order chi connectivity index (χ1) is 9.08. The highest BCUT2D eigenvalue weighted by Gasteiger charge is 2.11. The van der Waals surface area contributed by atoms with Crippen LogP contribution in [0.2, 0.25) is 5.15 Å². The van der Waals surface area contributed by atoms with Crippen LogP contribution >= 0.6 is 11.6 Å². The molecule has 0 fully saturated rings. The van der Waals surface area contributed by atoms with E-state index in [0.29, 0.717) is 13.1 Å². The number of aromatic nitrogens is 2. The van der Waals surface area contributed by atoms with Gasteiger partial charge in [0.25, 0.3) is 5.91 Å². The van der Waals surface area contributed by atoms with Crippen molar-refractivity contribution < 1.29 is 9.59 Å². The van der Waals surface area contributed by atoms with Crippen LogP contribution in [0.15, 0.2) is 12.1 Å². The highest BCUT2D eigenvalue weighted by Crippen LogP contribution is 2.02. The number of carbonyl (C=O) groups is 2. The first-order valence-electron chi connectivity index (χ1n) is 6.13. The maximum atomic E-state index is 11.7. The Balaban J connectivity index is 2.39. The topological polar surface area (TPSA) is 75.2 Å². The average Bonchev–Trinajstić information content (AvgIpc) is 2.40. The Morgan fingerprint density at radius 2 is 1.95 bits per heavy atom. The molecule has 0 atom stereocenters. The van der Waals surface area contributed by atoms with Crippen LogP contribution in [0.3, 0.4) is 0 Å². The SMILES string of the molecule is CCN(CC)C(=O)CCNC(=O)c1ccc(Cl)nn1. The Kier molecular flexibility index (Phi) is 6.21. The molecule has 104 valence electrons. The number of carbonyl (C=O) groups excluding carboxylic acids is 2. The van der Waals surface area contributed by atoms with Crippen molar-refractivity contribution in [1.29, 1.82) is 0 Å². The van der Waals surface area contributed by atoms with Crippen molar-refractivity contribution in [3.8, 4) is 0 Å². The minimum absolute atomic E-state index is 0.0208. The summed E-state index contributed by atoms with van der Waals surface area (Å²) in [5.41, 5.74) is 0.180. The van der Waals surface area contributed by atoms with E-state index >= 15 is 0 Å². The van der Waals surface area contributed by atoms with Crippen LogP contribution in [0.1, 0.15) is 30.8 Å². The van der Waals surface area contributed by atoms with E-state index in [1.165, 1.54) is 12.1 Å². The Bertz CT molecular complexity index is 432. The van der Waals surface area contributed by atoms with Crippen LogP contribution in [0, 0.1) is 0 Å². The van der Waals surface area contributed by atoms with Gasteiger partial charge in [0.05, 0.1) is 0 Å². The van der Waals surface area contributed by atoms with Gasteiger partial charge in [0.1, 0.15) is 0 Å². The zero-order valence-corrected chi connectivity index (χ0v) is 11.8. The van der Waals surface area contributed by atoms with Gasteiger partial charge in [-0.25, -0.2) is 0 Å². The maximum absolute atomic E-state index is 11.7. The van der Waals surface area contributed by atoms with Gasteiger partial charge in [-0.1, -0.05) is 11.6 Å². The van der Waals surface area contributed by atoms with E-state index in [1.807, 2.05) is 13.8 Å². The quantitative estimate of drug-likeness (QED) is 0.849. The van der Waals surface area contributed by atoms with Crippen molar-refractivity contribution >= 4 is 23.4 Å². The molecular formula is C12H17ClN4O2. The van der Waals surface area contributed by atoms with E-state index in [1.54, 1.807) is 4.90 Å². The summed E-state index contributed by atoms with van der Waals surface area (Å²) in [6.45, 7) is 5.46. The molecule has 7 heteroatoms. The fourth-order valence-corrected chi connectivity index (χ4v) is 1.65. The van der Waals surface area contributed by atoms with Gasteiger partial charge >= 0.3 is 0 Å². The summed E-state index contributed by atoms with van der Waals surface area (Å²) in [4.78, 5) is 25.1. The summed E-state index contributed by atoms with van der Waals surface area (Å²) >= 11 is 5.57. The molecule has 0 radical (unpaired) electrons. The number of halogens is 1. The van der Waals surface area contributed by atoms with E-state index in [9.17, 15) is 9.59 Å². The molecular weight excluding hydrogens is 268 g/mol. The Labute approximate surface area is 117 Å². The molecule has 19 heavy (non-hydrogen) atoms. The summed E-state index contributed by atoms with van der Waals surface area (Å²) in [5, 5.41) is 10.1. The van der Waals surface area contributed by atoms with Crippen LogP contribution in [0.25, 0.3) is 0 Å². The lowest BCUT2D eigenvalue weighted by molar-refractivity contribution is -0.130. The van der Waals surface area contributed by atoms with E-state index in [2.05, 4.69) is 15.5 Å². The van der Waals surface area contributed by atoms with E-state index in [4.69, 9.17) is 11.6 Å². The molecule has 0 aliphatic rings. The van der Waals surface area contributed by atoms with Crippen LogP contribution in [0.4, 0.5) is 0 Å². The molecule has 0 bridgehead atoms. The molecule has 6 nitrogen and oxygen atoms in total. The summed E-state index contributed by atoms with van der Waals surface area (Å²) in [5.74, 6) is -0.344. The standard InChI is InChI=1S/C12H17ClN4O2/c1-3-17(4-2)11(18)7-8-14-12(19)9-5-6-10(13)16-15-9/h5-6H,3-4,7-8H2,1-2H3,(H,14,19). The Hall–Kier alpha value is -1.69. The Morgan fingerprint density at radius 3 is 2.47 bits per heavy atom. The van der Waals surface area contributed by atoms with Crippen molar-refractivity contribution in [3.63, 3.8) is 0 Å². The number of hydrogen-bond acceptors (Lipinski definition) is 4. The van der Waals surface area contributed by atoms with Crippen LogP contribution < -0.4 is 5.32 Å². The van der Waals surface area contributed by atoms with Crippen molar-refractivity contribution in [1.82, 2.24) is 20.4 Å². The number of nitrogens with one attached hydrogen (secondary N) is 1. The Morgan fingerprint density at radius 1 is 1.26 bits per heavy atom. The maximum Gasteiger partial charge on any atom is 0.271 e. The van der Waals surface area contributed by atoms with Crippen LogP contribution in [0.5, 0.6) is 0 Å². The third-order valence-electron chi connectivity index (χ3n) is 2.61. The largest absolute Gasteiger partial charge is 0.350 e. The molecule has 1 heterocycles. The minimum atomic E-state index is -0.364. The lowest BCUT2D eigenvalue weighted by Gasteiger charge is -2.18. The molecule has 0 unspecified atom stereocenters. The van der Waals surface area contributed by atoms with Crippen molar-refractivity contribution in [2.75, 3.05) is 19.6 Å². The smallest absolute Gasteiger partial charge is 0.271 e. The number of nitrogens with zero attached hydrogens (tertiary/aromatic N) is 3. The van der Waals surface area contributed by atoms with E-state index < -0.39 is 0 Å². The molecule has 0 saturated carbocycles. The second-order valence-corrected chi connectivity index (χ2v) is 4.20. The summed E-state index contributed by atoms with van der Waals surface area (Å²) in [6.07, 6.45) is 0.272. The molecule has 0 spiro atoms. The number of rotatable bonds is 6. The molecule has 2 amide bonds. The summed E-state index contributed by atoms with van der Waals surface area (Å²) < 4.78 is 0. The molecule has 0 aliphatic carbocycles. The highest BCUT2D eigenvalue weighted by atomic mass is 35.5. The average molecular weight is 285 g/mol. The molecule has 0 aromatic carbocycles. The molecule has 1 rings (SSSR count). The van der Waals surface area contributed by atoms with Gasteiger partial charge in [0.2, 0.25) is 5.91 Å². The molecule has 1 N–H and O–H groups in total. The lowest BCUT2D eigenvalue weighted by atomic mass is 10.3. The third kappa shape index (κ3) is 4.82. The normalized spacial score (nSPS) is 10.1. The molecule has 0 saturated heterocycles. The van der Waals surface area contributed by atoms with Gasteiger partial charge in [-0.15, -0.1) is 10.2 Å². The van der Waals surface area contributed by atoms with Gasteiger partial charge in [0, 0.05) is 26.1 Å². The molecule has 0 aliphatic heterocycles. The first kappa shape index (κ1) is 15.4. The van der Waals surface area contributed by atoms with Gasteiger partial charge in [-0.2, -0.15) is 0 Å². The second kappa shape index (κ2) is 7.68. The van der Waals surface area contributed by atoms with Crippen LogP contribution in [-0.4, -0.2) is 46.5 Å². The lowest BCUT2D eigenvalue weighted by Crippen LogP contribution is -2.34. The van der Waals surface area contributed by atoms with E-state index in [-0.39, 0.29) is 35.6 Å². The monoisotopic (exact) mass is 284 g/mol. The predicted octanol–water partition coefficient (Wildman–Crippen LogP) is 1.12. The third-order valence-corrected chi connectivity index (χ3v) is 2.81. The first-order valence-corrected chi connectivity index (χ1v) is 6.51. The minimum Gasteiger partial charge on any atom is -0.350 e. The number of hydrogen-bond donors (Lipinski definition) is 1. The van der Waals surface area contributed by atoms with Crippen LogP contribution in [-0.2, 0) is 4.79 Å². The predicted molar refractivity (Wildman–Crippen MR) is 71.9 cm³/mol. The summed E-state index contributed by atoms with van der Waals surface area (Å²) in [6, 6.07) is 2.97.